The molecule has 0 amide bonds. The zero-order valence-electron chi connectivity index (χ0n) is 7.10. The summed E-state index contributed by atoms with van der Waals surface area (Å²) in [5.41, 5.74) is -1.04. The number of H-pyrrole nitrogens is 1. The maximum atomic E-state index is 11.4. The maximum absolute atomic E-state index is 11.4. The van der Waals surface area contributed by atoms with E-state index in [-0.39, 0.29) is 16.1 Å². The number of rotatable bonds is 1. The van der Waals surface area contributed by atoms with Crippen molar-refractivity contribution in [2.45, 2.75) is 19.9 Å². The number of nitrogens with one attached hydrogen (secondary N) is 1. The lowest BCUT2D eigenvalue weighted by Gasteiger charge is -2.09. The molecule has 0 radical (unpaired) electrons. The lowest BCUT2D eigenvalue weighted by Crippen LogP contribution is -2.31. The molecular weight excluding hydrogens is 215 g/mol. The van der Waals surface area contributed by atoms with Crippen molar-refractivity contribution in [2.75, 3.05) is 0 Å². The van der Waals surface area contributed by atoms with E-state index in [0.29, 0.717) is 0 Å². The van der Waals surface area contributed by atoms with E-state index in [0.717, 1.165) is 4.68 Å². The molecule has 13 heavy (non-hydrogen) atoms. The van der Waals surface area contributed by atoms with Crippen LogP contribution in [0.5, 0.6) is 0 Å². The monoisotopic (exact) mass is 222 g/mol. The molecule has 0 aliphatic heterocycles. The van der Waals surface area contributed by atoms with Crippen LogP contribution >= 0.6 is 23.2 Å². The lowest BCUT2D eigenvalue weighted by molar-refractivity contribution is 0.496. The topological polar surface area (TPSA) is 54.9 Å². The molecule has 4 nitrogen and oxygen atoms in total. The lowest BCUT2D eigenvalue weighted by atomic mass is 10.4. The quantitative estimate of drug-likeness (QED) is 0.782. The number of aromatic nitrogens is 2. The van der Waals surface area contributed by atoms with Crippen LogP contribution < -0.4 is 11.1 Å². The van der Waals surface area contributed by atoms with Crippen LogP contribution in [0.25, 0.3) is 0 Å². The Morgan fingerprint density at radius 1 is 1.23 bits per heavy atom. The smallest absolute Gasteiger partial charge is 0.266 e. The molecule has 0 aromatic carbocycles. The predicted octanol–water partition coefficient (Wildman–Crippen LogP) is 1.42. The van der Waals surface area contributed by atoms with E-state index >= 15 is 0 Å². The molecule has 0 aliphatic carbocycles. The van der Waals surface area contributed by atoms with E-state index in [1.54, 1.807) is 13.8 Å². The fourth-order valence-corrected chi connectivity index (χ4v) is 1.17. The molecule has 1 N–H and O–H groups in total. The van der Waals surface area contributed by atoms with Crippen molar-refractivity contribution in [1.82, 2.24) is 9.78 Å². The third-order valence-corrected chi connectivity index (χ3v) is 2.35. The number of hydrogen-bond acceptors (Lipinski definition) is 2. The molecule has 6 heteroatoms. The molecule has 72 valence electrons. The van der Waals surface area contributed by atoms with Crippen molar-refractivity contribution < 1.29 is 0 Å². The van der Waals surface area contributed by atoms with Gasteiger partial charge in [-0.05, 0) is 13.8 Å². The highest BCUT2D eigenvalue weighted by Crippen LogP contribution is 2.11. The molecule has 0 aliphatic rings. The second-order valence-electron chi connectivity index (χ2n) is 2.84. The summed E-state index contributed by atoms with van der Waals surface area (Å²) in [6.45, 7) is 3.50. The summed E-state index contributed by atoms with van der Waals surface area (Å²) in [5.74, 6) is 0. The Balaban J connectivity index is 3.61. The molecule has 0 bridgehead atoms. The summed E-state index contributed by atoms with van der Waals surface area (Å²) in [6.07, 6.45) is 0. The highest BCUT2D eigenvalue weighted by molar-refractivity contribution is 6.41. The van der Waals surface area contributed by atoms with Gasteiger partial charge in [0.25, 0.3) is 11.1 Å². The molecule has 0 saturated heterocycles. The van der Waals surface area contributed by atoms with E-state index in [9.17, 15) is 9.59 Å². The first-order chi connectivity index (χ1) is 5.95. The SMILES string of the molecule is CC(C)n1[nH]c(=O)c(Cl)c(Cl)c1=O. The van der Waals surface area contributed by atoms with Gasteiger partial charge in [-0.15, -0.1) is 0 Å². The summed E-state index contributed by atoms with van der Waals surface area (Å²) in [7, 11) is 0. The third-order valence-electron chi connectivity index (χ3n) is 1.54. The number of hydrogen-bond donors (Lipinski definition) is 1. The van der Waals surface area contributed by atoms with Gasteiger partial charge >= 0.3 is 0 Å². The van der Waals surface area contributed by atoms with E-state index in [1.807, 2.05) is 0 Å². The minimum absolute atomic E-state index is 0.157. The van der Waals surface area contributed by atoms with Crippen LogP contribution in [-0.2, 0) is 0 Å². The Morgan fingerprint density at radius 3 is 2.23 bits per heavy atom. The molecule has 1 aromatic rings. The Bertz CT molecular complexity index is 433. The van der Waals surface area contributed by atoms with Crippen LogP contribution in [0.1, 0.15) is 19.9 Å². The zero-order chi connectivity index (χ0) is 10.2. The molecule has 1 aromatic heterocycles. The summed E-state index contributed by atoms with van der Waals surface area (Å²) < 4.78 is 1.14. The van der Waals surface area contributed by atoms with Gasteiger partial charge in [0.2, 0.25) is 0 Å². The molecule has 0 fully saturated rings. The van der Waals surface area contributed by atoms with Crippen LogP contribution in [0.4, 0.5) is 0 Å². The Hall–Kier alpha value is -0.740. The number of halogens is 2. The zero-order valence-corrected chi connectivity index (χ0v) is 8.61. The van der Waals surface area contributed by atoms with Crippen molar-refractivity contribution in [3.05, 3.63) is 30.8 Å². The van der Waals surface area contributed by atoms with Gasteiger partial charge in [-0.3, -0.25) is 14.7 Å². The van der Waals surface area contributed by atoms with Gasteiger partial charge in [0.05, 0.1) is 0 Å². The van der Waals surface area contributed by atoms with Gasteiger partial charge in [-0.1, -0.05) is 23.2 Å². The molecule has 0 spiro atoms. The van der Waals surface area contributed by atoms with Gasteiger partial charge in [0.1, 0.15) is 10.0 Å². The average molecular weight is 223 g/mol. The van der Waals surface area contributed by atoms with Gasteiger partial charge in [0.15, 0.2) is 0 Å². The van der Waals surface area contributed by atoms with Crippen LogP contribution in [0.15, 0.2) is 9.59 Å². The van der Waals surface area contributed by atoms with Crippen LogP contribution in [0, 0.1) is 0 Å². The van der Waals surface area contributed by atoms with Crippen molar-refractivity contribution in [1.29, 1.82) is 0 Å². The van der Waals surface area contributed by atoms with E-state index < -0.39 is 11.1 Å². The summed E-state index contributed by atoms with van der Waals surface area (Å²) >= 11 is 11.0. The average Bonchev–Trinajstić information content (AvgIpc) is 2.07. The van der Waals surface area contributed by atoms with E-state index in [4.69, 9.17) is 23.2 Å². The number of nitrogens with zero attached hydrogens (tertiary/aromatic N) is 1. The molecule has 0 unspecified atom stereocenters. The first kappa shape index (κ1) is 10.3. The summed E-state index contributed by atoms with van der Waals surface area (Å²) in [6, 6.07) is -0.157. The second kappa shape index (κ2) is 3.55. The van der Waals surface area contributed by atoms with Crippen molar-refractivity contribution in [3.63, 3.8) is 0 Å². The normalized spacial score (nSPS) is 10.8. The maximum Gasteiger partial charge on any atom is 0.285 e. The minimum atomic E-state index is -0.556. The van der Waals surface area contributed by atoms with Gasteiger partial charge in [-0.25, -0.2) is 4.68 Å². The van der Waals surface area contributed by atoms with E-state index in [2.05, 4.69) is 5.10 Å². The van der Waals surface area contributed by atoms with Crippen molar-refractivity contribution in [3.8, 4) is 0 Å². The van der Waals surface area contributed by atoms with Crippen LogP contribution in [-0.4, -0.2) is 9.78 Å². The molecule has 0 atom stereocenters. The standard InChI is InChI=1S/C7H8Cl2N2O2/c1-3(2)11-7(13)5(9)4(8)6(12)10-11/h3H,1-2H3,(H,10,12). The second-order valence-corrected chi connectivity index (χ2v) is 3.59. The minimum Gasteiger partial charge on any atom is -0.266 e. The summed E-state index contributed by atoms with van der Waals surface area (Å²) in [4.78, 5) is 22.4. The third kappa shape index (κ3) is 1.78. The van der Waals surface area contributed by atoms with E-state index in [1.165, 1.54) is 0 Å². The fourth-order valence-electron chi connectivity index (χ4n) is 0.872. The molecule has 0 saturated carbocycles. The molecular formula is C7H8Cl2N2O2. The fraction of sp³-hybridized carbons (Fsp3) is 0.429. The van der Waals surface area contributed by atoms with Crippen molar-refractivity contribution >= 4 is 23.2 Å². The highest BCUT2D eigenvalue weighted by atomic mass is 35.5. The summed E-state index contributed by atoms with van der Waals surface area (Å²) in [5, 5.41) is 1.82. The molecule has 1 rings (SSSR count). The first-order valence-corrected chi connectivity index (χ1v) is 4.40. The van der Waals surface area contributed by atoms with Gasteiger partial charge < -0.3 is 0 Å². The van der Waals surface area contributed by atoms with Gasteiger partial charge in [0, 0.05) is 6.04 Å². The molecule has 1 heterocycles. The first-order valence-electron chi connectivity index (χ1n) is 3.65. The number of aromatic amines is 1. The van der Waals surface area contributed by atoms with Crippen LogP contribution in [0.2, 0.25) is 10.0 Å². The van der Waals surface area contributed by atoms with Gasteiger partial charge in [-0.2, -0.15) is 0 Å². The largest absolute Gasteiger partial charge is 0.285 e. The van der Waals surface area contributed by atoms with Crippen molar-refractivity contribution in [2.24, 2.45) is 0 Å². The Morgan fingerprint density at radius 2 is 1.77 bits per heavy atom. The predicted molar refractivity (Wildman–Crippen MR) is 51.7 cm³/mol. The Kier molecular flexibility index (Phi) is 2.83. The Labute approximate surface area is 84.1 Å². The highest BCUT2D eigenvalue weighted by Gasteiger charge is 2.11. The van der Waals surface area contributed by atoms with Crippen LogP contribution in [0.3, 0.4) is 0 Å².